The fourth-order valence-electron chi connectivity index (χ4n) is 3.96. The molecule has 0 atom stereocenters. The van der Waals surface area contributed by atoms with Crippen LogP contribution in [-0.4, -0.2) is 67.1 Å². The van der Waals surface area contributed by atoms with Gasteiger partial charge in [-0.1, -0.05) is 17.7 Å². The zero-order valence-corrected chi connectivity index (χ0v) is 19.8. The molecule has 0 spiro atoms. The lowest BCUT2D eigenvalue weighted by Crippen LogP contribution is -2.45. The molecule has 1 aliphatic rings. The van der Waals surface area contributed by atoms with Gasteiger partial charge in [0.1, 0.15) is 0 Å². The number of carbonyl (C=O) groups excluding carboxylic acids is 1. The number of likely N-dealkylation sites (N-methyl/N-ethyl adjacent to an activating group) is 1. The molecule has 1 fully saturated rings. The van der Waals surface area contributed by atoms with E-state index in [1.807, 2.05) is 43.3 Å². The molecule has 3 rings (SSSR count). The minimum absolute atomic E-state index is 0.0122. The molecule has 0 aliphatic carbocycles. The number of ether oxygens (including phenoxy) is 2. The van der Waals surface area contributed by atoms with Gasteiger partial charge in [0.25, 0.3) is 0 Å². The minimum Gasteiger partial charge on any atom is -0.491 e. The van der Waals surface area contributed by atoms with Crippen LogP contribution in [0.2, 0.25) is 5.02 Å². The van der Waals surface area contributed by atoms with Gasteiger partial charge in [-0.2, -0.15) is 0 Å². The van der Waals surface area contributed by atoms with Crippen LogP contribution in [0.15, 0.2) is 42.6 Å². The Kier molecular flexibility index (Phi) is 8.94. The number of piperidine rings is 1. The van der Waals surface area contributed by atoms with Crippen molar-refractivity contribution in [3.63, 3.8) is 0 Å². The normalized spacial score (nSPS) is 15.1. The van der Waals surface area contributed by atoms with Crippen LogP contribution >= 0.6 is 11.6 Å². The lowest BCUT2D eigenvalue weighted by molar-refractivity contribution is -0.127. The number of rotatable bonds is 9. The van der Waals surface area contributed by atoms with Crippen LogP contribution in [0.3, 0.4) is 0 Å². The lowest BCUT2D eigenvalue weighted by atomic mass is 10.0. The van der Waals surface area contributed by atoms with Crippen LogP contribution < -0.4 is 9.47 Å². The predicted molar refractivity (Wildman–Crippen MR) is 128 cm³/mol. The molecule has 1 aromatic heterocycles. The van der Waals surface area contributed by atoms with Crippen molar-refractivity contribution in [1.29, 1.82) is 0 Å². The molecule has 1 aliphatic heterocycles. The third kappa shape index (κ3) is 6.47. The molecule has 0 saturated carbocycles. The van der Waals surface area contributed by atoms with Crippen molar-refractivity contribution >= 4 is 23.6 Å². The van der Waals surface area contributed by atoms with Crippen molar-refractivity contribution < 1.29 is 14.3 Å². The summed E-state index contributed by atoms with van der Waals surface area (Å²) in [5.74, 6) is 1.06. The molecule has 1 saturated heterocycles. The summed E-state index contributed by atoms with van der Waals surface area (Å²) in [5, 5.41) is 0.456. The number of aromatic nitrogens is 1. The number of pyridine rings is 1. The smallest absolute Gasteiger partial charge is 0.246 e. The Hall–Kier alpha value is -2.57. The first-order chi connectivity index (χ1) is 15.5. The number of likely N-dealkylation sites (tertiary alicyclic amines) is 1. The number of hydrogen-bond acceptors (Lipinski definition) is 5. The molecule has 1 amide bonds. The van der Waals surface area contributed by atoms with Crippen molar-refractivity contribution in [3.8, 4) is 11.5 Å². The Balaban J connectivity index is 1.52. The molecule has 1 aromatic carbocycles. The zero-order chi connectivity index (χ0) is 22.9. The van der Waals surface area contributed by atoms with Crippen LogP contribution in [-0.2, 0) is 11.2 Å². The van der Waals surface area contributed by atoms with Crippen molar-refractivity contribution in [2.75, 3.05) is 40.4 Å². The van der Waals surface area contributed by atoms with Gasteiger partial charge in [0.2, 0.25) is 5.91 Å². The van der Waals surface area contributed by atoms with E-state index in [9.17, 15) is 4.79 Å². The van der Waals surface area contributed by atoms with Crippen LogP contribution in [0, 0.1) is 0 Å². The maximum Gasteiger partial charge on any atom is 0.246 e. The van der Waals surface area contributed by atoms with Gasteiger partial charge in [0, 0.05) is 57.1 Å². The Bertz CT molecular complexity index is 912. The number of carbonyl (C=O) groups is 1. The average Bonchev–Trinajstić information content (AvgIpc) is 2.82. The highest BCUT2D eigenvalue weighted by atomic mass is 35.5. The van der Waals surface area contributed by atoms with Gasteiger partial charge in [-0.3, -0.25) is 9.78 Å². The molecule has 0 N–H and O–H groups in total. The fourth-order valence-corrected chi connectivity index (χ4v) is 4.26. The van der Waals surface area contributed by atoms with E-state index in [0.29, 0.717) is 23.1 Å². The molecule has 2 aromatic rings. The van der Waals surface area contributed by atoms with E-state index >= 15 is 0 Å². The predicted octanol–water partition coefficient (Wildman–Crippen LogP) is 4.32. The summed E-state index contributed by atoms with van der Waals surface area (Å²) in [5.41, 5.74) is 1.92. The highest BCUT2D eigenvalue weighted by Crippen LogP contribution is 2.36. The van der Waals surface area contributed by atoms with E-state index in [0.717, 1.165) is 50.2 Å². The summed E-state index contributed by atoms with van der Waals surface area (Å²) in [6, 6.07) is 9.89. The Labute approximate surface area is 195 Å². The first-order valence-corrected chi connectivity index (χ1v) is 11.5. The van der Waals surface area contributed by atoms with Crippen molar-refractivity contribution in [2.45, 2.75) is 32.2 Å². The largest absolute Gasteiger partial charge is 0.491 e. The molecule has 32 heavy (non-hydrogen) atoms. The van der Waals surface area contributed by atoms with Crippen LogP contribution in [0.1, 0.15) is 31.0 Å². The van der Waals surface area contributed by atoms with E-state index in [-0.39, 0.29) is 11.9 Å². The number of benzene rings is 1. The number of nitrogens with zero attached hydrogens (tertiary/aromatic N) is 3. The summed E-state index contributed by atoms with van der Waals surface area (Å²) in [4.78, 5) is 21.5. The van der Waals surface area contributed by atoms with E-state index in [4.69, 9.17) is 21.1 Å². The molecule has 0 radical (unpaired) electrons. The molecular weight excluding hydrogens is 426 g/mol. The maximum atomic E-state index is 12.8. The third-order valence-electron chi connectivity index (χ3n) is 5.82. The molecule has 7 heteroatoms. The van der Waals surface area contributed by atoms with Gasteiger partial charge in [-0.05, 0) is 55.7 Å². The van der Waals surface area contributed by atoms with Gasteiger partial charge in [-0.15, -0.1) is 0 Å². The maximum absolute atomic E-state index is 12.8. The van der Waals surface area contributed by atoms with Crippen molar-refractivity contribution in [1.82, 2.24) is 14.8 Å². The first kappa shape index (κ1) is 24.1. The standard InChI is InChI=1S/C25H32ClN3O3/c1-4-32-23-18-19(17-22(26)25(23)31-3)8-9-24(30)28(2)21-11-15-29(16-12-21)14-10-20-7-5-6-13-27-20/h5-9,13,17-18,21H,4,10-12,14-16H2,1-3H3/b9-8+. The fraction of sp³-hybridized carbons (Fsp3) is 0.440. The molecule has 172 valence electrons. The monoisotopic (exact) mass is 457 g/mol. The first-order valence-electron chi connectivity index (χ1n) is 11.1. The number of hydrogen-bond donors (Lipinski definition) is 0. The number of amides is 1. The van der Waals surface area contributed by atoms with E-state index in [2.05, 4.69) is 16.0 Å². The SMILES string of the molecule is CCOc1cc(/C=C/C(=O)N(C)C2CCN(CCc3ccccn3)CC2)cc(Cl)c1OC. The Morgan fingerprint density at radius 3 is 2.75 bits per heavy atom. The average molecular weight is 458 g/mol. The summed E-state index contributed by atoms with van der Waals surface area (Å²) in [6.07, 6.45) is 8.11. The number of methoxy groups -OCH3 is 1. The second kappa shape index (κ2) is 11.9. The van der Waals surface area contributed by atoms with Gasteiger partial charge in [0.05, 0.1) is 18.7 Å². The highest BCUT2D eigenvalue weighted by Gasteiger charge is 2.24. The van der Waals surface area contributed by atoms with Gasteiger partial charge in [-0.25, -0.2) is 0 Å². The minimum atomic E-state index is -0.0122. The van der Waals surface area contributed by atoms with Crippen LogP contribution in [0.25, 0.3) is 6.08 Å². The molecule has 2 heterocycles. The highest BCUT2D eigenvalue weighted by molar-refractivity contribution is 6.32. The third-order valence-corrected chi connectivity index (χ3v) is 6.10. The molecular formula is C25H32ClN3O3. The summed E-state index contributed by atoms with van der Waals surface area (Å²) >= 11 is 6.31. The van der Waals surface area contributed by atoms with E-state index in [1.54, 1.807) is 25.3 Å². The topological polar surface area (TPSA) is 54.9 Å². The van der Waals surface area contributed by atoms with Crippen molar-refractivity contribution in [3.05, 3.63) is 58.9 Å². The Morgan fingerprint density at radius 1 is 1.31 bits per heavy atom. The summed E-state index contributed by atoms with van der Waals surface area (Å²) in [7, 11) is 3.44. The quantitative estimate of drug-likeness (QED) is 0.525. The van der Waals surface area contributed by atoms with Gasteiger partial charge in [0.15, 0.2) is 11.5 Å². The molecule has 0 unspecified atom stereocenters. The van der Waals surface area contributed by atoms with Crippen molar-refractivity contribution in [2.24, 2.45) is 0 Å². The summed E-state index contributed by atoms with van der Waals surface area (Å²) in [6.45, 7) is 5.39. The Morgan fingerprint density at radius 2 is 2.09 bits per heavy atom. The van der Waals surface area contributed by atoms with E-state index < -0.39 is 0 Å². The summed E-state index contributed by atoms with van der Waals surface area (Å²) < 4.78 is 10.9. The lowest BCUT2D eigenvalue weighted by Gasteiger charge is -2.36. The number of halogens is 1. The molecule has 0 bridgehead atoms. The second-order valence-corrected chi connectivity index (χ2v) is 8.30. The van der Waals surface area contributed by atoms with Gasteiger partial charge >= 0.3 is 0 Å². The van der Waals surface area contributed by atoms with Crippen LogP contribution in [0.4, 0.5) is 0 Å². The van der Waals surface area contributed by atoms with Gasteiger partial charge < -0.3 is 19.3 Å². The molecule has 6 nitrogen and oxygen atoms in total. The van der Waals surface area contributed by atoms with E-state index in [1.165, 1.54) is 0 Å². The second-order valence-electron chi connectivity index (χ2n) is 7.89. The van der Waals surface area contributed by atoms with Crippen LogP contribution in [0.5, 0.6) is 11.5 Å². The zero-order valence-electron chi connectivity index (χ0n) is 19.1.